The Hall–Kier alpha value is -1.45. The molecule has 0 radical (unpaired) electrons. The number of halogens is 2. The predicted octanol–water partition coefficient (Wildman–Crippen LogP) is 4.44. The highest BCUT2D eigenvalue weighted by Crippen LogP contribution is 2.20. The van der Waals surface area contributed by atoms with Crippen LogP contribution in [0, 0.1) is 5.82 Å². The van der Waals surface area contributed by atoms with Gasteiger partial charge in [-0.1, -0.05) is 23.7 Å². The molecule has 0 aliphatic heterocycles. The Labute approximate surface area is 107 Å². The molecule has 0 fully saturated rings. The Morgan fingerprint density at radius 2 is 2.12 bits per heavy atom. The zero-order valence-electron chi connectivity index (χ0n) is 8.69. The van der Waals surface area contributed by atoms with Gasteiger partial charge in [-0.2, -0.15) is 0 Å². The van der Waals surface area contributed by atoms with E-state index in [-0.39, 0.29) is 10.6 Å². The highest BCUT2D eigenvalue weighted by Gasteiger charge is 2.12. The first-order chi connectivity index (χ1) is 8.18. The Balaban J connectivity index is 2.26. The largest absolute Gasteiger partial charge is 0.289 e. The normalized spacial score (nSPS) is 10.9. The van der Waals surface area contributed by atoms with E-state index < -0.39 is 11.6 Å². The van der Waals surface area contributed by atoms with Crippen molar-refractivity contribution in [2.45, 2.75) is 0 Å². The molecule has 0 bridgehead atoms. The van der Waals surface area contributed by atoms with Crippen LogP contribution in [-0.2, 0) is 0 Å². The topological polar surface area (TPSA) is 17.1 Å². The second-order valence-electron chi connectivity index (χ2n) is 3.31. The van der Waals surface area contributed by atoms with Gasteiger partial charge in [0.1, 0.15) is 5.82 Å². The fourth-order valence-electron chi connectivity index (χ4n) is 1.36. The van der Waals surface area contributed by atoms with Gasteiger partial charge in [0.2, 0.25) is 0 Å². The maximum atomic E-state index is 13.4. The molecule has 4 heteroatoms. The van der Waals surface area contributed by atoms with E-state index in [1.54, 1.807) is 6.08 Å². The van der Waals surface area contributed by atoms with E-state index in [9.17, 15) is 9.18 Å². The van der Waals surface area contributed by atoms with E-state index in [0.29, 0.717) is 0 Å². The first-order valence-corrected chi connectivity index (χ1v) is 6.14. The highest BCUT2D eigenvalue weighted by atomic mass is 35.5. The predicted molar refractivity (Wildman–Crippen MR) is 69.1 cm³/mol. The van der Waals surface area contributed by atoms with Crippen molar-refractivity contribution >= 4 is 34.8 Å². The molecule has 0 amide bonds. The Kier molecular flexibility index (Phi) is 3.71. The number of carbonyl (C=O) groups excluding carboxylic acids is 1. The van der Waals surface area contributed by atoms with Gasteiger partial charge in [0.05, 0.1) is 10.6 Å². The lowest BCUT2D eigenvalue weighted by atomic mass is 10.1. The van der Waals surface area contributed by atoms with Gasteiger partial charge >= 0.3 is 0 Å². The number of ketones is 1. The van der Waals surface area contributed by atoms with Gasteiger partial charge in [-0.25, -0.2) is 4.39 Å². The van der Waals surface area contributed by atoms with Crippen molar-refractivity contribution in [3.8, 4) is 0 Å². The van der Waals surface area contributed by atoms with E-state index in [0.717, 1.165) is 4.88 Å². The summed E-state index contributed by atoms with van der Waals surface area (Å²) in [6.45, 7) is 0. The summed E-state index contributed by atoms with van der Waals surface area (Å²) < 4.78 is 13.4. The molecule has 0 unspecified atom stereocenters. The van der Waals surface area contributed by atoms with E-state index in [1.807, 2.05) is 17.5 Å². The fraction of sp³-hybridized carbons (Fsp3) is 0. The van der Waals surface area contributed by atoms with Crippen LogP contribution in [-0.4, -0.2) is 5.78 Å². The van der Waals surface area contributed by atoms with Crippen LogP contribution in [0.3, 0.4) is 0 Å². The molecule has 1 heterocycles. The van der Waals surface area contributed by atoms with E-state index in [4.69, 9.17) is 11.6 Å². The van der Waals surface area contributed by atoms with Crippen LogP contribution < -0.4 is 0 Å². The lowest BCUT2D eigenvalue weighted by Crippen LogP contribution is -1.99. The van der Waals surface area contributed by atoms with Gasteiger partial charge in [-0.3, -0.25) is 4.79 Å². The molecule has 2 rings (SSSR count). The Morgan fingerprint density at radius 3 is 2.76 bits per heavy atom. The number of benzene rings is 1. The maximum Gasteiger partial charge on any atom is 0.190 e. The van der Waals surface area contributed by atoms with Gasteiger partial charge in [-0.05, 0) is 35.7 Å². The molecule has 86 valence electrons. The van der Waals surface area contributed by atoms with Gasteiger partial charge in [0.15, 0.2) is 5.78 Å². The third-order valence-electron chi connectivity index (χ3n) is 2.15. The Morgan fingerprint density at radius 1 is 1.29 bits per heavy atom. The Bertz CT molecular complexity index is 541. The van der Waals surface area contributed by atoms with Crippen molar-refractivity contribution in [2.75, 3.05) is 0 Å². The lowest BCUT2D eigenvalue weighted by Gasteiger charge is -2.00. The monoisotopic (exact) mass is 266 g/mol. The van der Waals surface area contributed by atoms with E-state index in [1.165, 1.54) is 35.6 Å². The van der Waals surface area contributed by atoms with Crippen LogP contribution in [0.2, 0.25) is 5.02 Å². The molecule has 1 aromatic carbocycles. The maximum absolute atomic E-state index is 13.4. The smallest absolute Gasteiger partial charge is 0.190 e. The zero-order valence-corrected chi connectivity index (χ0v) is 10.3. The zero-order chi connectivity index (χ0) is 12.3. The quantitative estimate of drug-likeness (QED) is 0.593. The fourth-order valence-corrected chi connectivity index (χ4v) is 2.23. The first-order valence-electron chi connectivity index (χ1n) is 4.88. The van der Waals surface area contributed by atoms with Crippen molar-refractivity contribution in [1.82, 2.24) is 0 Å². The molecule has 0 saturated heterocycles. The van der Waals surface area contributed by atoms with Crippen molar-refractivity contribution in [2.24, 2.45) is 0 Å². The van der Waals surface area contributed by atoms with Gasteiger partial charge in [0, 0.05) is 4.88 Å². The van der Waals surface area contributed by atoms with Gasteiger partial charge < -0.3 is 0 Å². The van der Waals surface area contributed by atoms with Crippen molar-refractivity contribution in [1.29, 1.82) is 0 Å². The third-order valence-corrected chi connectivity index (χ3v) is 3.30. The second-order valence-corrected chi connectivity index (χ2v) is 4.70. The molecule has 2 aromatic rings. The minimum absolute atomic E-state index is 0.0815. The van der Waals surface area contributed by atoms with Crippen molar-refractivity contribution in [3.05, 3.63) is 63.1 Å². The molecule has 1 nitrogen and oxygen atoms in total. The molecule has 0 saturated carbocycles. The lowest BCUT2D eigenvalue weighted by molar-refractivity contribution is 0.104. The van der Waals surface area contributed by atoms with Crippen LogP contribution >= 0.6 is 22.9 Å². The minimum atomic E-state index is -0.599. The summed E-state index contributed by atoms with van der Waals surface area (Å²) >= 11 is 7.30. The van der Waals surface area contributed by atoms with Gasteiger partial charge in [-0.15, -0.1) is 11.3 Å². The molecular weight excluding hydrogens is 259 g/mol. The van der Waals surface area contributed by atoms with Gasteiger partial charge in [0.25, 0.3) is 0 Å². The van der Waals surface area contributed by atoms with Crippen LogP contribution in [0.4, 0.5) is 4.39 Å². The molecular formula is C13H8ClFOS. The summed E-state index contributed by atoms with van der Waals surface area (Å²) in [6, 6.07) is 7.94. The summed E-state index contributed by atoms with van der Waals surface area (Å²) in [7, 11) is 0. The summed E-state index contributed by atoms with van der Waals surface area (Å²) in [5, 5.41) is 2.03. The van der Waals surface area contributed by atoms with Crippen LogP contribution in [0.25, 0.3) is 6.08 Å². The summed E-state index contributed by atoms with van der Waals surface area (Å²) in [4.78, 5) is 12.7. The van der Waals surface area contributed by atoms with Crippen molar-refractivity contribution < 1.29 is 9.18 Å². The summed E-state index contributed by atoms with van der Waals surface area (Å²) in [6.07, 6.45) is 2.98. The summed E-state index contributed by atoms with van der Waals surface area (Å²) in [5.41, 5.74) is -0.0815. The molecule has 0 aliphatic carbocycles. The average Bonchev–Trinajstić information content (AvgIpc) is 2.79. The molecule has 0 N–H and O–H groups in total. The van der Waals surface area contributed by atoms with Crippen molar-refractivity contribution in [3.63, 3.8) is 0 Å². The number of rotatable bonds is 3. The molecule has 0 atom stereocenters. The number of hydrogen-bond donors (Lipinski definition) is 0. The molecule has 1 aromatic heterocycles. The standard InChI is InChI=1S/C13H8ClFOS/c14-10-4-1-5-11(15)13(10)12(16)7-6-9-3-2-8-17-9/h1-8H/b7-6+. The summed E-state index contributed by atoms with van der Waals surface area (Å²) in [5.74, 6) is -1.03. The molecule has 17 heavy (non-hydrogen) atoms. The molecule has 0 spiro atoms. The first kappa shape index (κ1) is 12.0. The highest BCUT2D eigenvalue weighted by molar-refractivity contribution is 7.10. The third kappa shape index (κ3) is 2.81. The van der Waals surface area contributed by atoms with E-state index in [2.05, 4.69) is 0 Å². The minimum Gasteiger partial charge on any atom is -0.289 e. The number of carbonyl (C=O) groups is 1. The second kappa shape index (κ2) is 5.25. The number of hydrogen-bond acceptors (Lipinski definition) is 2. The molecule has 0 aliphatic rings. The SMILES string of the molecule is O=C(/C=C/c1cccs1)c1c(F)cccc1Cl. The average molecular weight is 267 g/mol. The van der Waals surface area contributed by atoms with Crippen LogP contribution in [0.1, 0.15) is 15.2 Å². The number of thiophene rings is 1. The van der Waals surface area contributed by atoms with Crippen LogP contribution in [0.5, 0.6) is 0 Å². The van der Waals surface area contributed by atoms with E-state index >= 15 is 0 Å². The number of allylic oxidation sites excluding steroid dienone is 1. The van der Waals surface area contributed by atoms with Crippen LogP contribution in [0.15, 0.2) is 41.8 Å².